The van der Waals surface area contributed by atoms with Crippen molar-refractivity contribution in [2.24, 2.45) is 5.92 Å². The van der Waals surface area contributed by atoms with Crippen LogP contribution < -0.4 is 0 Å². The van der Waals surface area contributed by atoms with E-state index >= 15 is 0 Å². The molecule has 0 fully saturated rings. The Morgan fingerprint density at radius 3 is 2.71 bits per heavy atom. The number of rotatable bonds is 6. The van der Waals surface area contributed by atoms with Crippen LogP contribution in [-0.2, 0) is 6.42 Å². The van der Waals surface area contributed by atoms with Gasteiger partial charge in [0.15, 0.2) is 0 Å². The minimum absolute atomic E-state index is 0.279. The van der Waals surface area contributed by atoms with Gasteiger partial charge in [-0.2, -0.15) is 10.2 Å². The Labute approximate surface area is 151 Å². The van der Waals surface area contributed by atoms with Gasteiger partial charge in [0, 0.05) is 16.0 Å². The first-order chi connectivity index (χ1) is 11.6. The van der Waals surface area contributed by atoms with Crippen LogP contribution in [-0.4, -0.2) is 20.2 Å². The summed E-state index contributed by atoms with van der Waals surface area (Å²) in [6, 6.07) is 5.71. The molecule has 1 aromatic carbocycles. The molecule has 6 heteroatoms. The highest BCUT2D eigenvalue weighted by Gasteiger charge is 2.25. The molecule has 0 spiro atoms. The molecule has 0 aliphatic rings. The summed E-state index contributed by atoms with van der Waals surface area (Å²) in [4.78, 5) is 7.55. The van der Waals surface area contributed by atoms with Crippen molar-refractivity contribution < 1.29 is 0 Å². The van der Waals surface area contributed by atoms with Crippen molar-refractivity contribution >= 4 is 34.2 Å². The summed E-state index contributed by atoms with van der Waals surface area (Å²) in [7, 11) is 0. The molecule has 2 aromatic heterocycles. The van der Waals surface area contributed by atoms with Crippen LogP contribution in [0.4, 0.5) is 0 Å². The van der Waals surface area contributed by atoms with Crippen LogP contribution in [0.25, 0.3) is 11.0 Å². The molecule has 24 heavy (non-hydrogen) atoms. The minimum atomic E-state index is 0.279. The predicted octanol–water partition coefficient (Wildman–Crippen LogP) is 5.42. The molecular weight excluding hydrogens is 343 g/mol. The molecule has 0 bridgehead atoms. The third-order valence-corrected chi connectivity index (χ3v) is 5.23. The summed E-state index contributed by atoms with van der Waals surface area (Å²) in [5, 5.41) is 9.94. The smallest absolute Gasteiger partial charge is 0.114 e. The van der Waals surface area contributed by atoms with Gasteiger partial charge < -0.3 is 4.98 Å². The van der Waals surface area contributed by atoms with Crippen LogP contribution in [0.2, 0.25) is 10.0 Å². The largest absolute Gasteiger partial charge is 0.343 e. The first-order valence-electron chi connectivity index (χ1n) is 8.22. The maximum atomic E-state index is 6.37. The maximum Gasteiger partial charge on any atom is 0.114 e. The van der Waals surface area contributed by atoms with E-state index in [0.717, 1.165) is 46.6 Å². The van der Waals surface area contributed by atoms with E-state index in [1.807, 2.05) is 12.1 Å². The quantitative estimate of drug-likeness (QED) is 0.636. The van der Waals surface area contributed by atoms with Crippen molar-refractivity contribution in [3.8, 4) is 0 Å². The lowest BCUT2D eigenvalue weighted by Crippen LogP contribution is -2.17. The summed E-state index contributed by atoms with van der Waals surface area (Å²) >= 11 is 12.4. The summed E-state index contributed by atoms with van der Waals surface area (Å²) < 4.78 is 0. The predicted molar refractivity (Wildman–Crippen MR) is 98.7 cm³/mol. The third kappa shape index (κ3) is 3.40. The summed E-state index contributed by atoms with van der Waals surface area (Å²) in [5.41, 5.74) is 3.93. The number of hydrogen-bond acceptors (Lipinski definition) is 3. The van der Waals surface area contributed by atoms with Gasteiger partial charge in [-0.3, -0.25) is 0 Å². The number of imidazole rings is 1. The maximum absolute atomic E-state index is 6.37. The molecule has 0 aliphatic heterocycles. The number of fused-ring (bicyclic) bond motifs is 1. The zero-order chi connectivity index (χ0) is 17.1. The van der Waals surface area contributed by atoms with Gasteiger partial charge in [-0.25, -0.2) is 4.98 Å². The number of halogens is 2. The summed E-state index contributed by atoms with van der Waals surface area (Å²) in [6.45, 7) is 4.39. The van der Waals surface area contributed by atoms with Crippen molar-refractivity contribution in [3.05, 3.63) is 52.0 Å². The fourth-order valence-electron chi connectivity index (χ4n) is 3.34. The average Bonchev–Trinajstić information content (AvgIpc) is 3.06. The Balaban J connectivity index is 1.94. The number of aromatic amines is 1. The highest BCUT2D eigenvalue weighted by molar-refractivity contribution is 6.35. The van der Waals surface area contributed by atoms with E-state index in [-0.39, 0.29) is 5.92 Å². The van der Waals surface area contributed by atoms with Crippen LogP contribution in [0, 0.1) is 5.92 Å². The number of aromatic nitrogens is 4. The number of benzene rings is 1. The SMILES string of the molecule is CCC(Cc1ccc(Cl)cc1Cl)C(CC)c1nncc2[nH]cnc12. The van der Waals surface area contributed by atoms with Gasteiger partial charge in [-0.05, 0) is 36.5 Å². The second-order valence-electron chi connectivity index (χ2n) is 6.02. The van der Waals surface area contributed by atoms with Crippen LogP contribution in [0.1, 0.15) is 43.9 Å². The normalized spacial score (nSPS) is 14.0. The Bertz CT molecular complexity index is 831. The number of hydrogen-bond donors (Lipinski definition) is 1. The second kappa shape index (κ2) is 7.49. The van der Waals surface area contributed by atoms with Gasteiger partial charge in [0.25, 0.3) is 0 Å². The highest BCUT2D eigenvalue weighted by atomic mass is 35.5. The lowest BCUT2D eigenvalue weighted by Gasteiger charge is -2.25. The first-order valence-corrected chi connectivity index (χ1v) is 8.98. The molecule has 2 heterocycles. The Kier molecular flexibility index (Phi) is 5.36. The molecule has 1 N–H and O–H groups in total. The van der Waals surface area contributed by atoms with E-state index in [1.54, 1.807) is 18.6 Å². The van der Waals surface area contributed by atoms with Crippen molar-refractivity contribution in [1.82, 2.24) is 20.2 Å². The topological polar surface area (TPSA) is 54.5 Å². The van der Waals surface area contributed by atoms with Gasteiger partial charge in [0.2, 0.25) is 0 Å². The third-order valence-electron chi connectivity index (χ3n) is 4.65. The molecular formula is C18H20Cl2N4. The van der Waals surface area contributed by atoms with Gasteiger partial charge in [-0.15, -0.1) is 0 Å². The monoisotopic (exact) mass is 362 g/mol. The van der Waals surface area contributed by atoms with E-state index < -0.39 is 0 Å². The number of H-pyrrole nitrogens is 1. The average molecular weight is 363 g/mol. The van der Waals surface area contributed by atoms with Crippen molar-refractivity contribution in [2.75, 3.05) is 0 Å². The summed E-state index contributed by atoms with van der Waals surface area (Å²) in [6.07, 6.45) is 6.30. The van der Waals surface area contributed by atoms with E-state index in [1.165, 1.54) is 0 Å². The molecule has 0 amide bonds. The number of nitrogens with zero attached hydrogens (tertiary/aromatic N) is 3. The molecule has 0 aliphatic carbocycles. The van der Waals surface area contributed by atoms with E-state index in [2.05, 4.69) is 34.0 Å². The zero-order valence-corrected chi connectivity index (χ0v) is 15.3. The van der Waals surface area contributed by atoms with Crippen molar-refractivity contribution in [1.29, 1.82) is 0 Å². The fourth-order valence-corrected chi connectivity index (χ4v) is 3.83. The van der Waals surface area contributed by atoms with Crippen LogP contribution in [0.15, 0.2) is 30.7 Å². The lowest BCUT2D eigenvalue weighted by molar-refractivity contribution is 0.390. The van der Waals surface area contributed by atoms with Crippen LogP contribution >= 0.6 is 23.2 Å². The first kappa shape index (κ1) is 17.2. The van der Waals surface area contributed by atoms with E-state index in [4.69, 9.17) is 23.2 Å². The fraction of sp³-hybridized carbons (Fsp3) is 0.389. The summed E-state index contributed by atoms with van der Waals surface area (Å²) in [5.74, 6) is 0.687. The molecule has 0 saturated carbocycles. The minimum Gasteiger partial charge on any atom is -0.343 e. The van der Waals surface area contributed by atoms with E-state index in [9.17, 15) is 0 Å². The van der Waals surface area contributed by atoms with E-state index in [0.29, 0.717) is 10.9 Å². The Morgan fingerprint density at radius 2 is 2.00 bits per heavy atom. The Morgan fingerprint density at radius 1 is 1.17 bits per heavy atom. The van der Waals surface area contributed by atoms with Gasteiger partial charge in [-0.1, -0.05) is 49.5 Å². The highest BCUT2D eigenvalue weighted by Crippen LogP contribution is 2.35. The molecule has 126 valence electrons. The van der Waals surface area contributed by atoms with Gasteiger partial charge in [0.1, 0.15) is 5.52 Å². The van der Waals surface area contributed by atoms with Gasteiger partial charge >= 0.3 is 0 Å². The van der Waals surface area contributed by atoms with Crippen molar-refractivity contribution in [3.63, 3.8) is 0 Å². The molecule has 3 aromatic rings. The molecule has 3 rings (SSSR count). The standard InChI is InChI=1S/C18H20Cl2N4/c1-3-11(7-12-5-6-13(19)8-15(12)20)14(4-2)17-18-16(9-23-24-17)21-10-22-18/h5-6,8-11,14H,3-4,7H2,1-2H3,(H,21,22). The van der Waals surface area contributed by atoms with Crippen LogP contribution in [0.5, 0.6) is 0 Å². The Hall–Kier alpha value is -1.65. The lowest BCUT2D eigenvalue weighted by atomic mass is 9.81. The zero-order valence-electron chi connectivity index (χ0n) is 13.8. The molecule has 2 unspecified atom stereocenters. The number of nitrogens with one attached hydrogen (secondary N) is 1. The molecule has 4 nitrogen and oxygen atoms in total. The molecule has 0 radical (unpaired) electrons. The van der Waals surface area contributed by atoms with Crippen LogP contribution in [0.3, 0.4) is 0 Å². The van der Waals surface area contributed by atoms with Crippen molar-refractivity contribution in [2.45, 2.75) is 39.0 Å². The molecule has 0 saturated heterocycles. The molecule has 2 atom stereocenters. The second-order valence-corrected chi connectivity index (χ2v) is 6.86. The van der Waals surface area contributed by atoms with Gasteiger partial charge in [0.05, 0.1) is 23.7 Å².